The van der Waals surface area contributed by atoms with Crippen molar-refractivity contribution in [1.82, 2.24) is 5.32 Å². The van der Waals surface area contributed by atoms with Crippen molar-refractivity contribution in [1.29, 1.82) is 0 Å². The number of rotatable bonds is 5. The van der Waals surface area contributed by atoms with Gasteiger partial charge in [0.25, 0.3) is 5.91 Å². The summed E-state index contributed by atoms with van der Waals surface area (Å²) < 4.78 is 0. The number of hydrogen-bond acceptors (Lipinski definition) is 4. The van der Waals surface area contributed by atoms with Gasteiger partial charge in [-0.25, -0.2) is 4.79 Å². The number of fused-ring (bicyclic) bond motifs is 1. The second-order valence-corrected chi connectivity index (χ2v) is 4.56. The van der Waals surface area contributed by atoms with Gasteiger partial charge in [-0.05, 0) is 11.5 Å². The SMILES string of the molecule is O=C(N[C@H](CCO)C(=O)O)c1ccc2ccccc2c1O. The van der Waals surface area contributed by atoms with Gasteiger partial charge in [-0.1, -0.05) is 30.3 Å². The van der Waals surface area contributed by atoms with Crippen LogP contribution in [-0.2, 0) is 4.79 Å². The van der Waals surface area contributed by atoms with Crippen molar-refractivity contribution in [3.8, 4) is 5.75 Å². The van der Waals surface area contributed by atoms with Crippen molar-refractivity contribution in [3.05, 3.63) is 42.0 Å². The number of aliphatic hydroxyl groups excluding tert-OH is 1. The summed E-state index contributed by atoms with van der Waals surface area (Å²) in [4.78, 5) is 23.0. The Labute approximate surface area is 120 Å². The van der Waals surface area contributed by atoms with E-state index in [1.807, 2.05) is 6.07 Å². The highest BCUT2D eigenvalue weighted by molar-refractivity contribution is 6.04. The minimum absolute atomic E-state index is 0.00195. The lowest BCUT2D eigenvalue weighted by Crippen LogP contribution is -2.41. The fourth-order valence-corrected chi connectivity index (χ4v) is 2.06. The third-order valence-electron chi connectivity index (χ3n) is 3.17. The standard InChI is InChI=1S/C15H15NO5/c17-8-7-12(15(20)21)16-14(19)11-6-5-9-3-1-2-4-10(9)13(11)18/h1-6,12,17-18H,7-8H2,(H,16,19)(H,20,21)/t12-/m1/s1. The van der Waals surface area contributed by atoms with E-state index in [9.17, 15) is 14.7 Å². The predicted molar refractivity (Wildman–Crippen MR) is 76.2 cm³/mol. The fourth-order valence-electron chi connectivity index (χ4n) is 2.06. The van der Waals surface area contributed by atoms with Gasteiger partial charge < -0.3 is 20.6 Å². The third-order valence-corrected chi connectivity index (χ3v) is 3.17. The van der Waals surface area contributed by atoms with Crippen LogP contribution in [0.3, 0.4) is 0 Å². The number of hydrogen-bond donors (Lipinski definition) is 4. The van der Waals surface area contributed by atoms with E-state index < -0.39 is 17.9 Å². The Kier molecular flexibility index (Phi) is 4.39. The maximum atomic E-state index is 12.1. The van der Waals surface area contributed by atoms with Crippen LogP contribution in [0.5, 0.6) is 5.75 Å². The first-order valence-corrected chi connectivity index (χ1v) is 6.40. The Morgan fingerprint density at radius 2 is 1.86 bits per heavy atom. The number of phenols is 1. The van der Waals surface area contributed by atoms with Gasteiger partial charge in [0, 0.05) is 18.4 Å². The molecular formula is C15H15NO5. The van der Waals surface area contributed by atoms with Crippen molar-refractivity contribution in [2.75, 3.05) is 6.61 Å². The summed E-state index contributed by atoms with van der Waals surface area (Å²) in [5.74, 6) is -2.13. The first kappa shape index (κ1) is 14.8. The van der Waals surface area contributed by atoms with Crippen molar-refractivity contribution >= 4 is 22.6 Å². The zero-order valence-electron chi connectivity index (χ0n) is 11.1. The number of aliphatic carboxylic acids is 1. The van der Waals surface area contributed by atoms with Gasteiger partial charge >= 0.3 is 5.97 Å². The molecule has 110 valence electrons. The first-order chi connectivity index (χ1) is 10.0. The van der Waals surface area contributed by atoms with Crippen LogP contribution in [-0.4, -0.2) is 39.8 Å². The average Bonchev–Trinajstić information content (AvgIpc) is 2.47. The van der Waals surface area contributed by atoms with Gasteiger partial charge in [0.15, 0.2) is 0 Å². The van der Waals surface area contributed by atoms with Crippen LogP contribution in [0.1, 0.15) is 16.8 Å². The molecule has 0 heterocycles. The molecule has 4 N–H and O–H groups in total. The summed E-state index contributed by atoms with van der Waals surface area (Å²) in [6.45, 7) is -0.360. The zero-order valence-corrected chi connectivity index (χ0v) is 11.1. The van der Waals surface area contributed by atoms with Crippen molar-refractivity contribution in [3.63, 3.8) is 0 Å². The smallest absolute Gasteiger partial charge is 0.326 e. The topological polar surface area (TPSA) is 107 Å². The average molecular weight is 289 g/mol. The summed E-state index contributed by atoms with van der Waals surface area (Å²) in [5.41, 5.74) is -0.00195. The van der Waals surface area contributed by atoms with Crippen LogP contribution >= 0.6 is 0 Å². The largest absolute Gasteiger partial charge is 0.506 e. The van der Waals surface area contributed by atoms with E-state index in [4.69, 9.17) is 10.2 Å². The lowest BCUT2D eigenvalue weighted by molar-refractivity contribution is -0.139. The van der Waals surface area contributed by atoms with Crippen molar-refractivity contribution < 1.29 is 24.9 Å². The molecule has 2 rings (SSSR count). The second kappa shape index (κ2) is 6.23. The third kappa shape index (κ3) is 3.11. The Morgan fingerprint density at radius 3 is 2.52 bits per heavy atom. The number of carboxylic acid groups (broad SMARTS) is 1. The number of aliphatic hydroxyl groups is 1. The Morgan fingerprint density at radius 1 is 1.14 bits per heavy atom. The quantitative estimate of drug-likeness (QED) is 0.659. The highest BCUT2D eigenvalue weighted by Crippen LogP contribution is 2.28. The maximum Gasteiger partial charge on any atom is 0.326 e. The molecule has 0 aliphatic carbocycles. The minimum Gasteiger partial charge on any atom is -0.506 e. The summed E-state index contributed by atoms with van der Waals surface area (Å²) in [6.07, 6.45) is -0.102. The summed E-state index contributed by atoms with van der Waals surface area (Å²) in [7, 11) is 0. The lowest BCUT2D eigenvalue weighted by atomic mass is 10.0. The van der Waals surface area contributed by atoms with Gasteiger partial charge in [0.2, 0.25) is 0 Å². The van der Waals surface area contributed by atoms with Crippen molar-refractivity contribution in [2.24, 2.45) is 0 Å². The molecule has 0 spiro atoms. The summed E-state index contributed by atoms with van der Waals surface area (Å²) in [6, 6.07) is 8.91. The molecule has 21 heavy (non-hydrogen) atoms. The number of carboxylic acids is 1. The molecule has 6 heteroatoms. The normalized spacial score (nSPS) is 12.0. The van der Waals surface area contributed by atoms with E-state index in [0.29, 0.717) is 5.39 Å². The van der Waals surface area contributed by atoms with E-state index in [1.165, 1.54) is 6.07 Å². The van der Waals surface area contributed by atoms with Crippen LogP contribution in [0.15, 0.2) is 36.4 Å². The number of phenolic OH excluding ortho intramolecular Hbond substituents is 1. The van der Waals surface area contributed by atoms with Gasteiger partial charge in [0.1, 0.15) is 11.8 Å². The van der Waals surface area contributed by atoms with Gasteiger partial charge in [-0.15, -0.1) is 0 Å². The van der Waals surface area contributed by atoms with Crippen molar-refractivity contribution in [2.45, 2.75) is 12.5 Å². The second-order valence-electron chi connectivity index (χ2n) is 4.56. The molecule has 0 bridgehead atoms. The molecule has 0 saturated heterocycles. The number of carbonyl (C=O) groups is 2. The summed E-state index contributed by atoms with van der Waals surface area (Å²) in [5, 5.41) is 31.5. The van der Waals surface area contributed by atoms with Crippen LogP contribution in [0.2, 0.25) is 0 Å². The molecule has 2 aromatic rings. The van der Waals surface area contributed by atoms with Gasteiger partial charge in [-0.3, -0.25) is 4.79 Å². The zero-order chi connectivity index (χ0) is 15.4. The van der Waals surface area contributed by atoms with Crippen LogP contribution in [0.25, 0.3) is 10.8 Å². The van der Waals surface area contributed by atoms with E-state index in [0.717, 1.165) is 5.39 Å². The Balaban J connectivity index is 2.31. The summed E-state index contributed by atoms with van der Waals surface area (Å²) >= 11 is 0. The van der Waals surface area contributed by atoms with E-state index in [-0.39, 0.29) is 24.3 Å². The number of amides is 1. The van der Waals surface area contributed by atoms with E-state index in [1.54, 1.807) is 24.3 Å². The Hall–Kier alpha value is -2.60. The molecule has 0 fully saturated rings. The molecule has 0 aliphatic heterocycles. The first-order valence-electron chi connectivity index (χ1n) is 6.40. The molecule has 0 saturated carbocycles. The number of carbonyl (C=O) groups excluding carboxylic acids is 1. The van der Waals surface area contributed by atoms with Crippen LogP contribution in [0.4, 0.5) is 0 Å². The predicted octanol–water partition coefficient (Wildman–Crippen LogP) is 1.11. The fraction of sp³-hybridized carbons (Fsp3) is 0.200. The molecule has 1 amide bonds. The van der Waals surface area contributed by atoms with Gasteiger partial charge in [-0.2, -0.15) is 0 Å². The molecular weight excluding hydrogens is 274 g/mol. The van der Waals surface area contributed by atoms with Gasteiger partial charge in [0.05, 0.1) is 5.56 Å². The maximum absolute atomic E-state index is 12.1. The Bertz CT molecular complexity index is 683. The molecule has 0 unspecified atom stereocenters. The highest BCUT2D eigenvalue weighted by atomic mass is 16.4. The number of benzene rings is 2. The van der Waals surface area contributed by atoms with E-state index >= 15 is 0 Å². The van der Waals surface area contributed by atoms with Crippen LogP contribution < -0.4 is 5.32 Å². The molecule has 0 radical (unpaired) electrons. The number of nitrogens with one attached hydrogen (secondary N) is 1. The molecule has 2 aromatic carbocycles. The molecule has 6 nitrogen and oxygen atoms in total. The minimum atomic E-state index is -1.24. The molecule has 0 aromatic heterocycles. The molecule has 0 aliphatic rings. The van der Waals surface area contributed by atoms with Crippen LogP contribution in [0, 0.1) is 0 Å². The monoisotopic (exact) mass is 289 g/mol. The lowest BCUT2D eigenvalue weighted by Gasteiger charge is -2.14. The van der Waals surface area contributed by atoms with E-state index in [2.05, 4.69) is 5.32 Å². The highest BCUT2D eigenvalue weighted by Gasteiger charge is 2.22. The number of aromatic hydroxyl groups is 1. The molecule has 1 atom stereocenters.